The number of fused-ring (bicyclic) bond motifs is 1. The molecule has 0 fully saturated rings. The third-order valence-corrected chi connectivity index (χ3v) is 3.87. The van der Waals surface area contributed by atoms with E-state index in [-0.39, 0.29) is 17.1 Å². The van der Waals surface area contributed by atoms with Crippen LogP contribution in [0.3, 0.4) is 0 Å². The highest BCUT2D eigenvalue weighted by Crippen LogP contribution is 2.28. The van der Waals surface area contributed by atoms with Crippen LogP contribution in [-0.4, -0.2) is 59.8 Å². The van der Waals surface area contributed by atoms with Crippen LogP contribution in [0.2, 0.25) is 0 Å². The molecule has 10 heteroatoms. The molecule has 1 aromatic carbocycles. The molecule has 26 heavy (non-hydrogen) atoms. The van der Waals surface area contributed by atoms with Gasteiger partial charge in [-0.05, 0) is 43.3 Å². The fraction of sp³-hybridized carbons (Fsp3) is 0.562. The molecule has 0 atom stereocenters. The number of nitro groups is 1. The number of aromatic nitrogens is 2. The summed E-state index contributed by atoms with van der Waals surface area (Å²) >= 11 is 0. The molecule has 1 aromatic heterocycles. The number of amides is 1. The van der Waals surface area contributed by atoms with Gasteiger partial charge in [-0.3, -0.25) is 14.9 Å². The Morgan fingerprint density at radius 1 is 1.19 bits per heavy atom. The quantitative estimate of drug-likeness (QED) is 0.351. The minimum atomic E-state index is -0.514. The monoisotopic (exact) mass is 364 g/mol. The summed E-state index contributed by atoms with van der Waals surface area (Å²) in [5.74, 6) is 0.0746. The number of benzene rings is 1. The lowest BCUT2D eigenvalue weighted by molar-refractivity contribution is -0.383. The summed E-state index contributed by atoms with van der Waals surface area (Å²) in [5, 5.41) is 24.3. The van der Waals surface area contributed by atoms with E-state index in [2.05, 4.69) is 25.6 Å². The number of carbonyl (C=O) groups excluding carboxylic acids is 1. The van der Waals surface area contributed by atoms with Crippen molar-refractivity contribution in [2.24, 2.45) is 0 Å². The van der Waals surface area contributed by atoms with Crippen LogP contribution in [0.4, 0.5) is 11.4 Å². The van der Waals surface area contributed by atoms with Gasteiger partial charge in [-0.2, -0.15) is 0 Å². The summed E-state index contributed by atoms with van der Waals surface area (Å²) in [4.78, 5) is 24.1. The third-order valence-electron chi connectivity index (χ3n) is 3.87. The van der Waals surface area contributed by atoms with Crippen LogP contribution in [0, 0.1) is 10.1 Å². The van der Waals surface area contributed by atoms with Crippen LogP contribution in [0.1, 0.15) is 25.7 Å². The lowest BCUT2D eigenvalue weighted by Crippen LogP contribution is -2.31. The number of non-ortho nitro benzene ring substituents is 1. The molecule has 0 aliphatic carbocycles. The van der Waals surface area contributed by atoms with Crippen LogP contribution in [0.5, 0.6) is 0 Å². The van der Waals surface area contributed by atoms with Gasteiger partial charge < -0.3 is 15.5 Å². The Labute approximate surface area is 151 Å². The number of hydrogen-bond acceptors (Lipinski definition) is 8. The molecule has 0 unspecified atom stereocenters. The summed E-state index contributed by atoms with van der Waals surface area (Å²) in [6.07, 6.45) is 3.11. The maximum atomic E-state index is 11.7. The summed E-state index contributed by atoms with van der Waals surface area (Å²) in [6.45, 7) is 2.16. The highest BCUT2D eigenvalue weighted by molar-refractivity contribution is 5.93. The van der Waals surface area contributed by atoms with Crippen molar-refractivity contribution in [2.45, 2.75) is 25.7 Å². The van der Waals surface area contributed by atoms with Gasteiger partial charge in [0.15, 0.2) is 5.52 Å². The van der Waals surface area contributed by atoms with Gasteiger partial charge in [-0.25, -0.2) is 4.63 Å². The normalized spacial score (nSPS) is 11.0. The van der Waals surface area contributed by atoms with E-state index in [0.29, 0.717) is 30.7 Å². The minimum absolute atomic E-state index is 0.0746. The second-order valence-electron chi connectivity index (χ2n) is 6.24. The smallest absolute Gasteiger partial charge is 0.300 e. The molecule has 142 valence electrons. The first kappa shape index (κ1) is 19.6. The molecule has 10 nitrogen and oxygen atoms in total. The van der Waals surface area contributed by atoms with E-state index >= 15 is 0 Å². The van der Waals surface area contributed by atoms with Crippen molar-refractivity contribution in [3.05, 3.63) is 22.2 Å². The van der Waals surface area contributed by atoms with Crippen molar-refractivity contribution < 1.29 is 14.3 Å². The molecule has 0 saturated heterocycles. The molecule has 0 radical (unpaired) electrons. The Morgan fingerprint density at radius 2 is 1.96 bits per heavy atom. The maximum absolute atomic E-state index is 11.7. The van der Waals surface area contributed by atoms with Gasteiger partial charge in [0.1, 0.15) is 0 Å². The predicted octanol–water partition coefficient (Wildman–Crippen LogP) is 1.78. The average Bonchev–Trinajstić information content (AvgIpc) is 3.07. The second-order valence-corrected chi connectivity index (χ2v) is 6.24. The Balaban J connectivity index is 1.68. The van der Waals surface area contributed by atoms with Crippen LogP contribution >= 0.6 is 0 Å². The van der Waals surface area contributed by atoms with Gasteiger partial charge in [0.25, 0.3) is 0 Å². The summed E-state index contributed by atoms with van der Waals surface area (Å²) in [7, 11) is 3.93. The summed E-state index contributed by atoms with van der Waals surface area (Å²) in [6, 6.07) is 2.98. The number of nitrogens with zero attached hydrogens (tertiary/aromatic N) is 4. The van der Waals surface area contributed by atoms with Crippen LogP contribution in [-0.2, 0) is 4.79 Å². The van der Waals surface area contributed by atoms with E-state index in [1.165, 1.54) is 6.07 Å². The summed E-state index contributed by atoms with van der Waals surface area (Å²) in [5.41, 5.74) is 0.995. The fourth-order valence-electron chi connectivity index (χ4n) is 2.46. The van der Waals surface area contributed by atoms with Gasteiger partial charge in [0.2, 0.25) is 11.4 Å². The molecule has 2 aromatic rings. The molecule has 2 N–H and O–H groups in total. The third kappa shape index (κ3) is 5.66. The number of likely N-dealkylation sites (N-methyl/N-ethyl adjacent to an activating group) is 1. The van der Waals surface area contributed by atoms with Crippen molar-refractivity contribution in [1.29, 1.82) is 0 Å². The minimum Gasteiger partial charge on any atom is -0.383 e. The van der Waals surface area contributed by atoms with E-state index in [4.69, 9.17) is 0 Å². The van der Waals surface area contributed by atoms with Crippen molar-refractivity contribution >= 4 is 28.3 Å². The molecule has 1 amide bonds. The van der Waals surface area contributed by atoms with Gasteiger partial charge >= 0.3 is 5.69 Å². The lowest BCUT2D eigenvalue weighted by atomic mass is 10.1. The van der Waals surface area contributed by atoms with Crippen molar-refractivity contribution in [3.63, 3.8) is 0 Å². The van der Waals surface area contributed by atoms with Crippen LogP contribution in [0.25, 0.3) is 11.0 Å². The number of nitro benzene ring substituents is 1. The van der Waals surface area contributed by atoms with Crippen molar-refractivity contribution in [2.75, 3.05) is 39.0 Å². The number of hydrogen-bond donors (Lipinski definition) is 2. The lowest BCUT2D eigenvalue weighted by Gasteiger charge is -2.10. The SMILES string of the molecule is CN(C)CCNC(=O)CCCCCNc1ccc([N+](=O)[O-])c2nonc12. The van der Waals surface area contributed by atoms with Gasteiger partial charge in [-0.15, -0.1) is 0 Å². The number of anilines is 1. The Bertz CT molecular complexity index is 745. The topological polar surface area (TPSA) is 126 Å². The maximum Gasteiger partial charge on any atom is 0.300 e. The predicted molar refractivity (Wildman–Crippen MR) is 97.0 cm³/mol. The molecular weight excluding hydrogens is 340 g/mol. The van der Waals surface area contributed by atoms with E-state index in [9.17, 15) is 14.9 Å². The van der Waals surface area contributed by atoms with E-state index in [1.54, 1.807) is 6.07 Å². The Morgan fingerprint density at radius 3 is 2.69 bits per heavy atom. The largest absolute Gasteiger partial charge is 0.383 e. The Kier molecular flexibility index (Phi) is 7.27. The number of unbranched alkanes of at least 4 members (excludes halogenated alkanes) is 2. The fourth-order valence-corrected chi connectivity index (χ4v) is 2.46. The molecule has 0 aliphatic heterocycles. The van der Waals surface area contributed by atoms with Gasteiger partial charge in [0, 0.05) is 32.1 Å². The first-order valence-corrected chi connectivity index (χ1v) is 8.54. The second kappa shape index (κ2) is 9.66. The van der Waals surface area contributed by atoms with E-state index in [1.807, 2.05) is 19.0 Å². The highest BCUT2D eigenvalue weighted by Gasteiger charge is 2.19. The molecule has 2 rings (SSSR count). The average molecular weight is 364 g/mol. The standard InChI is InChI=1S/C16H24N6O4/c1-21(2)11-10-18-14(23)6-4-3-5-9-17-12-7-8-13(22(24)25)16-15(12)19-26-20-16/h7-8,17H,3-6,9-11H2,1-2H3,(H,18,23). The molecule has 1 heterocycles. The van der Waals surface area contributed by atoms with Gasteiger partial charge in [0.05, 0.1) is 10.6 Å². The number of nitrogens with one attached hydrogen (secondary N) is 2. The summed E-state index contributed by atoms with van der Waals surface area (Å²) < 4.78 is 4.62. The molecule has 0 bridgehead atoms. The van der Waals surface area contributed by atoms with E-state index in [0.717, 1.165) is 25.8 Å². The van der Waals surface area contributed by atoms with Crippen molar-refractivity contribution in [3.8, 4) is 0 Å². The highest BCUT2D eigenvalue weighted by atomic mass is 16.6. The number of carbonyl (C=O) groups is 1. The van der Waals surface area contributed by atoms with E-state index < -0.39 is 4.92 Å². The molecule has 0 spiro atoms. The molecular formula is C16H24N6O4. The zero-order chi connectivity index (χ0) is 18.9. The van der Waals surface area contributed by atoms with Crippen LogP contribution < -0.4 is 10.6 Å². The number of rotatable bonds is 11. The zero-order valence-electron chi connectivity index (χ0n) is 15.0. The van der Waals surface area contributed by atoms with Crippen LogP contribution in [0.15, 0.2) is 16.8 Å². The molecule has 0 saturated carbocycles. The Hall–Kier alpha value is -2.75. The first-order chi connectivity index (χ1) is 12.5. The first-order valence-electron chi connectivity index (χ1n) is 8.54. The zero-order valence-corrected chi connectivity index (χ0v) is 15.0. The molecule has 0 aliphatic rings. The van der Waals surface area contributed by atoms with Crippen molar-refractivity contribution in [1.82, 2.24) is 20.5 Å². The van der Waals surface area contributed by atoms with Gasteiger partial charge in [-0.1, -0.05) is 6.42 Å².